The van der Waals surface area contributed by atoms with Gasteiger partial charge >= 0.3 is 0 Å². The molecule has 1 unspecified atom stereocenters. The second-order valence-corrected chi connectivity index (χ2v) is 7.29. The van der Waals surface area contributed by atoms with Crippen LogP contribution < -0.4 is 0 Å². The first-order chi connectivity index (χ1) is 10.9. The van der Waals surface area contributed by atoms with Crippen LogP contribution in [0.3, 0.4) is 0 Å². The van der Waals surface area contributed by atoms with E-state index in [9.17, 15) is 0 Å². The fourth-order valence-corrected chi connectivity index (χ4v) is 4.05. The van der Waals surface area contributed by atoms with Gasteiger partial charge in [0.1, 0.15) is 0 Å². The SMILES string of the molecule is C1=C(N2CCCC2)CC1.CCCCC1CCCN1C1=CCC1. The average Bonchev–Trinajstić information content (AvgIpc) is 3.05. The van der Waals surface area contributed by atoms with Gasteiger partial charge in [-0.25, -0.2) is 0 Å². The van der Waals surface area contributed by atoms with Crippen LogP contribution in [0, 0.1) is 0 Å². The van der Waals surface area contributed by atoms with Crippen molar-refractivity contribution in [2.24, 2.45) is 0 Å². The molecule has 0 aromatic rings. The molecule has 2 heteroatoms. The van der Waals surface area contributed by atoms with Crippen molar-refractivity contribution >= 4 is 0 Å². The van der Waals surface area contributed by atoms with Gasteiger partial charge in [0.25, 0.3) is 0 Å². The molecule has 22 heavy (non-hydrogen) atoms. The lowest BCUT2D eigenvalue weighted by molar-refractivity contribution is 0.280. The summed E-state index contributed by atoms with van der Waals surface area (Å²) in [5.74, 6) is 0. The normalized spacial score (nSPS) is 26.7. The molecular formula is C20H34N2. The Morgan fingerprint density at radius 2 is 1.64 bits per heavy atom. The second-order valence-electron chi connectivity index (χ2n) is 7.29. The van der Waals surface area contributed by atoms with E-state index in [2.05, 4.69) is 28.9 Å². The van der Waals surface area contributed by atoms with Crippen LogP contribution in [-0.2, 0) is 0 Å². The summed E-state index contributed by atoms with van der Waals surface area (Å²) in [6, 6.07) is 0.895. The lowest BCUT2D eigenvalue weighted by Crippen LogP contribution is -2.30. The van der Waals surface area contributed by atoms with Gasteiger partial charge in [-0.05, 0) is 57.8 Å². The highest BCUT2D eigenvalue weighted by Crippen LogP contribution is 2.32. The van der Waals surface area contributed by atoms with Crippen molar-refractivity contribution in [2.45, 2.75) is 83.6 Å². The number of rotatable bonds is 5. The van der Waals surface area contributed by atoms with Gasteiger partial charge in [0.15, 0.2) is 0 Å². The van der Waals surface area contributed by atoms with E-state index in [-0.39, 0.29) is 0 Å². The summed E-state index contributed by atoms with van der Waals surface area (Å²) in [5, 5.41) is 0. The molecule has 0 amide bonds. The summed E-state index contributed by atoms with van der Waals surface area (Å²) in [6.45, 7) is 6.28. The number of hydrogen-bond acceptors (Lipinski definition) is 2. The summed E-state index contributed by atoms with van der Waals surface area (Å²) in [7, 11) is 0. The van der Waals surface area contributed by atoms with E-state index in [0.717, 1.165) is 6.04 Å². The van der Waals surface area contributed by atoms with Crippen LogP contribution in [0.15, 0.2) is 23.5 Å². The van der Waals surface area contributed by atoms with Crippen molar-refractivity contribution < 1.29 is 0 Å². The summed E-state index contributed by atoms with van der Waals surface area (Å²) < 4.78 is 0. The molecule has 4 rings (SSSR count). The Hall–Kier alpha value is -0.920. The summed E-state index contributed by atoms with van der Waals surface area (Å²) in [5.41, 5.74) is 3.27. The van der Waals surface area contributed by atoms with Gasteiger partial charge in [0.05, 0.1) is 0 Å². The van der Waals surface area contributed by atoms with Gasteiger partial charge in [0, 0.05) is 37.1 Å². The Labute approximate surface area is 137 Å². The first-order valence-corrected chi connectivity index (χ1v) is 9.78. The number of allylic oxidation sites excluding steroid dienone is 4. The molecule has 0 aromatic heterocycles. The van der Waals surface area contributed by atoms with Crippen LogP contribution >= 0.6 is 0 Å². The highest BCUT2D eigenvalue weighted by atomic mass is 15.2. The highest BCUT2D eigenvalue weighted by Gasteiger charge is 2.27. The first-order valence-electron chi connectivity index (χ1n) is 9.78. The number of unbranched alkanes of at least 4 members (excludes halogenated alkanes) is 1. The van der Waals surface area contributed by atoms with Crippen molar-refractivity contribution in [3.63, 3.8) is 0 Å². The molecule has 2 saturated heterocycles. The van der Waals surface area contributed by atoms with E-state index < -0.39 is 0 Å². The van der Waals surface area contributed by atoms with Gasteiger partial charge in [-0.3, -0.25) is 0 Å². The molecule has 0 radical (unpaired) electrons. The van der Waals surface area contributed by atoms with E-state index >= 15 is 0 Å². The second kappa shape index (κ2) is 8.08. The van der Waals surface area contributed by atoms with Crippen molar-refractivity contribution in [3.05, 3.63) is 23.5 Å². The minimum Gasteiger partial charge on any atom is -0.375 e. The van der Waals surface area contributed by atoms with Crippen LogP contribution in [0.5, 0.6) is 0 Å². The zero-order chi connectivity index (χ0) is 15.2. The quantitative estimate of drug-likeness (QED) is 0.699. The van der Waals surface area contributed by atoms with Crippen LogP contribution in [0.2, 0.25) is 0 Å². The minimum atomic E-state index is 0.895. The first kappa shape index (κ1) is 16.0. The molecular weight excluding hydrogens is 268 g/mol. The van der Waals surface area contributed by atoms with Crippen molar-refractivity contribution in [2.75, 3.05) is 19.6 Å². The van der Waals surface area contributed by atoms with E-state index in [1.165, 1.54) is 90.3 Å². The maximum Gasteiger partial charge on any atom is 0.0287 e. The van der Waals surface area contributed by atoms with Gasteiger partial charge in [0.2, 0.25) is 0 Å². The van der Waals surface area contributed by atoms with Crippen LogP contribution in [0.4, 0.5) is 0 Å². The third kappa shape index (κ3) is 3.88. The van der Waals surface area contributed by atoms with E-state index in [4.69, 9.17) is 0 Å². The zero-order valence-corrected chi connectivity index (χ0v) is 14.5. The Morgan fingerprint density at radius 3 is 2.18 bits per heavy atom. The Morgan fingerprint density at radius 1 is 0.955 bits per heavy atom. The zero-order valence-electron chi connectivity index (χ0n) is 14.5. The molecule has 2 aliphatic carbocycles. The smallest absolute Gasteiger partial charge is 0.0287 e. The lowest BCUT2D eigenvalue weighted by Gasteiger charge is -2.33. The molecule has 0 N–H and O–H groups in total. The molecule has 2 nitrogen and oxygen atoms in total. The maximum atomic E-state index is 2.68. The van der Waals surface area contributed by atoms with E-state index in [1.54, 1.807) is 11.4 Å². The largest absolute Gasteiger partial charge is 0.375 e. The molecule has 1 atom stereocenters. The third-order valence-corrected chi connectivity index (χ3v) is 5.71. The van der Waals surface area contributed by atoms with Gasteiger partial charge in [-0.15, -0.1) is 0 Å². The van der Waals surface area contributed by atoms with Crippen LogP contribution in [0.1, 0.15) is 77.6 Å². The summed E-state index contributed by atoms with van der Waals surface area (Å²) in [6.07, 6.45) is 20.0. The molecule has 0 aromatic carbocycles. The molecule has 0 spiro atoms. The van der Waals surface area contributed by atoms with Gasteiger partial charge in [-0.1, -0.05) is 31.9 Å². The summed E-state index contributed by atoms with van der Waals surface area (Å²) in [4.78, 5) is 5.21. The topological polar surface area (TPSA) is 6.48 Å². The fourth-order valence-electron chi connectivity index (χ4n) is 4.05. The van der Waals surface area contributed by atoms with Crippen LogP contribution in [-0.4, -0.2) is 35.5 Å². The number of likely N-dealkylation sites (tertiary alicyclic amines) is 2. The average molecular weight is 303 g/mol. The maximum absolute atomic E-state index is 2.68. The van der Waals surface area contributed by atoms with Gasteiger partial charge in [-0.2, -0.15) is 0 Å². The highest BCUT2D eigenvalue weighted by molar-refractivity contribution is 5.13. The number of nitrogens with zero attached hydrogens (tertiary/aromatic N) is 2. The Balaban J connectivity index is 0.000000139. The van der Waals surface area contributed by atoms with Crippen LogP contribution in [0.25, 0.3) is 0 Å². The molecule has 0 saturated carbocycles. The standard InChI is InChI=1S/C12H21N.C8H13N/c1-2-3-6-11-9-5-10-13(11)12-7-4-8-12;1-2-7-9(6-1)8-4-3-5-8/h7,11H,2-6,8-10H2,1H3;4H,1-3,5-7H2. The predicted molar refractivity (Wildman–Crippen MR) is 94.7 cm³/mol. The molecule has 2 heterocycles. The summed E-state index contributed by atoms with van der Waals surface area (Å²) >= 11 is 0. The molecule has 4 aliphatic rings. The predicted octanol–water partition coefficient (Wildman–Crippen LogP) is 5.08. The van der Waals surface area contributed by atoms with Crippen molar-refractivity contribution in [1.29, 1.82) is 0 Å². The Kier molecular flexibility index (Phi) is 5.86. The minimum absolute atomic E-state index is 0.895. The fraction of sp³-hybridized carbons (Fsp3) is 0.800. The molecule has 0 bridgehead atoms. The third-order valence-electron chi connectivity index (χ3n) is 5.71. The molecule has 2 aliphatic heterocycles. The van der Waals surface area contributed by atoms with Gasteiger partial charge < -0.3 is 9.80 Å². The number of hydrogen-bond donors (Lipinski definition) is 0. The Bertz CT molecular complexity index is 404. The lowest BCUT2D eigenvalue weighted by atomic mass is 10.0. The monoisotopic (exact) mass is 302 g/mol. The van der Waals surface area contributed by atoms with Crippen molar-refractivity contribution in [1.82, 2.24) is 9.80 Å². The van der Waals surface area contributed by atoms with Crippen molar-refractivity contribution in [3.8, 4) is 0 Å². The molecule has 124 valence electrons. The van der Waals surface area contributed by atoms with E-state index in [0.29, 0.717) is 0 Å². The van der Waals surface area contributed by atoms with E-state index in [1.807, 2.05) is 0 Å². The molecule has 2 fully saturated rings.